The van der Waals surface area contributed by atoms with Gasteiger partial charge in [0.05, 0.1) is 17.1 Å². The van der Waals surface area contributed by atoms with Gasteiger partial charge in [0.15, 0.2) is 6.10 Å². The minimum Gasteiger partial charge on any atom is -0.476 e. The fraction of sp³-hybridized carbons (Fsp3) is 0.480. The van der Waals surface area contributed by atoms with Gasteiger partial charge in [-0.3, -0.25) is 9.10 Å². The number of benzene rings is 2. The van der Waals surface area contributed by atoms with E-state index >= 15 is 0 Å². The molecule has 7 heteroatoms. The summed E-state index contributed by atoms with van der Waals surface area (Å²) in [7, 11) is -3.85. The van der Waals surface area contributed by atoms with Crippen molar-refractivity contribution in [2.24, 2.45) is 5.92 Å². The number of nitrogens with zero attached hydrogens (tertiary/aromatic N) is 1. The molecule has 0 aromatic heterocycles. The lowest BCUT2D eigenvalue weighted by molar-refractivity contribution is -0.127. The van der Waals surface area contributed by atoms with Gasteiger partial charge in [-0.1, -0.05) is 56.9 Å². The highest BCUT2D eigenvalue weighted by Crippen LogP contribution is 2.37. The molecule has 174 valence electrons. The average molecular weight is 459 g/mol. The number of ether oxygens (including phenoxy) is 1. The third kappa shape index (κ3) is 5.44. The maximum Gasteiger partial charge on any atom is 0.264 e. The standard InChI is InChI=1S/C25H34N2O4S/c1-5-7-8-20(6-2)16-26-25(28)24-17-27(22-14-11-19(4)15-23(22)31-24)32(29,30)21-12-9-18(3)10-13-21/h9-15,20,24H,5-8,16-17H2,1-4H3,(H,26,28)/t20-,24+/m1/s1. The molecule has 1 N–H and O–H groups in total. The van der Waals surface area contributed by atoms with Crippen molar-refractivity contribution in [1.29, 1.82) is 0 Å². The summed E-state index contributed by atoms with van der Waals surface area (Å²) >= 11 is 0. The van der Waals surface area contributed by atoms with Crippen LogP contribution in [0.25, 0.3) is 0 Å². The second-order valence-corrected chi connectivity index (χ2v) is 10.5. The summed E-state index contributed by atoms with van der Waals surface area (Å²) in [5.74, 6) is 0.533. The van der Waals surface area contributed by atoms with Crippen molar-refractivity contribution >= 4 is 21.6 Å². The highest BCUT2D eigenvalue weighted by Gasteiger charge is 2.37. The number of aryl methyl sites for hydroxylation is 2. The molecule has 0 bridgehead atoms. The molecule has 2 aromatic carbocycles. The average Bonchev–Trinajstić information content (AvgIpc) is 2.78. The lowest BCUT2D eigenvalue weighted by Gasteiger charge is -2.35. The molecule has 0 saturated heterocycles. The summed E-state index contributed by atoms with van der Waals surface area (Å²) in [6.45, 7) is 8.60. The van der Waals surface area contributed by atoms with E-state index in [0.29, 0.717) is 23.9 Å². The first-order valence-corrected chi connectivity index (χ1v) is 12.8. The normalized spacial score (nSPS) is 16.8. The predicted octanol–water partition coefficient (Wildman–Crippen LogP) is 4.59. The monoisotopic (exact) mass is 458 g/mol. The van der Waals surface area contributed by atoms with Gasteiger partial charge in [-0.2, -0.15) is 0 Å². The van der Waals surface area contributed by atoms with Crippen molar-refractivity contribution in [2.45, 2.75) is 64.4 Å². The van der Waals surface area contributed by atoms with Crippen molar-refractivity contribution in [2.75, 3.05) is 17.4 Å². The Balaban J connectivity index is 1.85. The van der Waals surface area contributed by atoms with Crippen molar-refractivity contribution in [3.8, 4) is 5.75 Å². The number of nitrogens with one attached hydrogen (secondary N) is 1. The van der Waals surface area contributed by atoms with Gasteiger partial charge in [0.1, 0.15) is 5.75 Å². The summed E-state index contributed by atoms with van der Waals surface area (Å²) in [5.41, 5.74) is 2.37. The van der Waals surface area contributed by atoms with Crippen LogP contribution in [0.5, 0.6) is 5.75 Å². The largest absolute Gasteiger partial charge is 0.476 e. The second-order valence-electron chi connectivity index (χ2n) is 8.59. The lowest BCUT2D eigenvalue weighted by Crippen LogP contribution is -2.51. The maximum absolute atomic E-state index is 13.5. The Bertz CT molecular complexity index is 1030. The number of carbonyl (C=O) groups excluding carboxylic acids is 1. The molecule has 32 heavy (non-hydrogen) atoms. The molecule has 0 unspecified atom stereocenters. The Kier molecular flexibility index (Phi) is 7.82. The van der Waals surface area contributed by atoms with Gasteiger partial charge >= 0.3 is 0 Å². The van der Waals surface area contributed by atoms with Crippen molar-refractivity contribution in [3.63, 3.8) is 0 Å². The Hall–Kier alpha value is -2.54. The van der Waals surface area contributed by atoms with E-state index in [-0.39, 0.29) is 17.3 Å². The zero-order valence-electron chi connectivity index (χ0n) is 19.4. The van der Waals surface area contributed by atoms with Crippen LogP contribution in [0.4, 0.5) is 5.69 Å². The third-order valence-electron chi connectivity index (χ3n) is 5.99. The van der Waals surface area contributed by atoms with Crippen molar-refractivity contribution in [3.05, 3.63) is 53.6 Å². The first-order valence-electron chi connectivity index (χ1n) is 11.4. The first kappa shape index (κ1) is 24.1. The van der Waals surface area contributed by atoms with E-state index in [0.717, 1.165) is 36.8 Å². The van der Waals surface area contributed by atoms with Gasteiger partial charge in [-0.25, -0.2) is 8.42 Å². The van der Waals surface area contributed by atoms with Gasteiger partial charge < -0.3 is 10.1 Å². The molecule has 2 aromatic rings. The van der Waals surface area contributed by atoms with E-state index in [4.69, 9.17) is 4.74 Å². The Morgan fingerprint density at radius 2 is 1.81 bits per heavy atom. The SMILES string of the molecule is CCCC[C@@H](CC)CNC(=O)[C@@H]1CN(S(=O)(=O)c2ccc(C)cc2)c2ccc(C)cc2O1. The predicted molar refractivity (Wildman–Crippen MR) is 128 cm³/mol. The molecule has 0 spiro atoms. The first-order chi connectivity index (χ1) is 15.3. The summed E-state index contributed by atoms with van der Waals surface area (Å²) < 4.78 is 34.3. The summed E-state index contributed by atoms with van der Waals surface area (Å²) in [4.78, 5) is 13.2. The van der Waals surface area contributed by atoms with Crippen molar-refractivity contribution < 1.29 is 17.9 Å². The van der Waals surface area contributed by atoms with E-state index in [9.17, 15) is 13.2 Å². The zero-order valence-corrected chi connectivity index (χ0v) is 20.2. The van der Waals surface area contributed by atoms with Crippen LogP contribution >= 0.6 is 0 Å². The van der Waals surface area contributed by atoms with Crippen LogP contribution in [0.3, 0.4) is 0 Å². The molecule has 0 saturated carbocycles. The molecular weight excluding hydrogens is 424 g/mol. The zero-order chi connectivity index (χ0) is 23.3. The molecule has 0 fully saturated rings. The number of amides is 1. The van der Waals surface area contributed by atoms with Crippen LogP contribution in [0.1, 0.15) is 50.7 Å². The fourth-order valence-electron chi connectivity index (χ4n) is 3.86. The van der Waals surface area contributed by atoms with Crippen LogP contribution in [-0.4, -0.2) is 33.5 Å². The van der Waals surface area contributed by atoms with Gasteiger partial charge in [-0.05, 0) is 56.0 Å². The third-order valence-corrected chi connectivity index (χ3v) is 7.79. The Labute approximate surface area is 192 Å². The summed E-state index contributed by atoms with van der Waals surface area (Å²) in [6.07, 6.45) is 3.39. The van der Waals surface area contributed by atoms with Gasteiger partial charge in [-0.15, -0.1) is 0 Å². The van der Waals surface area contributed by atoms with E-state index in [1.165, 1.54) is 4.31 Å². The number of anilines is 1. The Morgan fingerprint density at radius 3 is 2.47 bits per heavy atom. The topological polar surface area (TPSA) is 75.7 Å². The van der Waals surface area contributed by atoms with Crippen LogP contribution in [0, 0.1) is 19.8 Å². The molecule has 1 aliphatic rings. The van der Waals surface area contributed by atoms with E-state index in [1.54, 1.807) is 36.4 Å². The minimum absolute atomic E-state index is 0.0656. The molecule has 0 aliphatic carbocycles. The van der Waals surface area contributed by atoms with Gasteiger partial charge in [0.2, 0.25) is 0 Å². The highest BCUT2D eigenvalue weighted by molar-refractivity contribution is 7.92. The number of fused-ring (bicyclic) bond motifs is 1. The second kappa shape index (κ2) is 10.4. The van der Waals surface area contributed by atoms with Gasteiger partial charge in [0.25, 0.3) is 15.9 Å². The lowest BCUT2D eigenvalue weighted by atomic mass is 9.99. The number of carbonyl (C=O) groups is 1. The quantitative estimate of drug-likeness (QED) is 0.596. The molecule has 0 radical (unpaired) electrons. The molecule has 6 nitrogen and oxygen atoms in total. The number of hydrogen-bond acceptors (Lipinski definition) is 4. The van der Waals surface area contributed by atoms with Crippen LogP contribution in [0.15, 0.2) is 47.4 Å². The maximum atomic E-state index is 13.5. The minimum atomic E-state index is -3.85. The van der Waals surface area contributed by atoms with E-state index in [1.807, 2.05) is 19.9 Å². The van der Waals surface area contributed by atoms with Gasteiger partial charge in [0, 0.05) is 6.54 Å². The smallest absolute Gasteiger partial charge is 0.264 e. The number of hydrogen-bond donors (Lipinski definition) is 1. The van der Waals surface area contributed by atoms with Crippen LogP contribution in [0.2, 0.25) is 0 Å². The van der Waals surface area contributed by atoms with Crippen molar-refractivity contribution in [1.82, 2.24) is 5.32 Å². The molecule has 2 atom stereocenters. The molecular formula is C25H34N2O4S. The summed E-state index contributed by atoms with van der Waals surface area (Å²) in [6, 6.07) is 12.1. The highest BCUT2D eigenvalue weighted by atomic mass is 32.2. The number of rotatable bonds is 9. The Morgan fingerprint density at radius 1 is 1.12 bits per heavy atom. The van der Waals surface area contributed by atoms with E-state index < -0.39 is 16.1 Å². The summed E-state index contributed by atoms with van der Waals surface area (Å²) in [5, 5.41) is 2.99. The number of sulfonamides is 1. The molecule has 1 amide bonds. The fourth-order valence-corrected chi connectivity index (χ4v) is 5.34. The number of unbranched alkanes of at least 4 members (excludes halogenated alkanes) is 1. The molecule has 1 heterocycles. The van der Waals surface area contributed by atoms with E-state index in [2.05, 4.69) is 19.2 Å². The molecule has 3 rings (SSSR count). The molecule has 1 aliphatic heterocycles. The van der Waals surface area contributed by atoms with Crippen LogP contribution in [-0.2, 0) is 14.8 Å². The van der Waals surface area contributed by atoms with Crippen LogP contribution < -0.4 is 14.4 Å².